The van der Waals surface area contributed by atoms with Crippen molar-refractivity contribution in [1.82, 2.24) is 19.9 Å². The monoisotopic (exact) mass is 327 g/mol. The number of likely N-dealkylation sites (N-methyl/N-ethyl adjacent to an activating group) is 1. The van der Waals surface area contributed by atoms with E-state index in [0.717, 1.165) is 32.4 Å². The SMILES string of the molecule is CCCCN(C)C(=O)c1cnc(N(C)CCc2ccncc2)nc1. The first-order valence-electron chi connectivity index (χ1n) is 8.29. The van der Waals surface area contributed by atoms with Gasteiger partial charge in [0.1, 0.15) is 0 Å². The van der Waals surface area contributed by atoms with Crippen molar-refractivity contribution in [3.63, 3.8) is 0 Å². The van der Waals surface area contributed by atoms with Gasteiger partial charge >= 0.3 is 0 Å². The molecule has 24 heavy (non-hydrogen) atoms. The van der Waals surface area contributed by atoms with E-state index >= 15 is 0 Å². The third-order valence-corrected chi connectivity index (χ3v) is 3.91. The van der Waals surface area contributed by atoms with Crippen LogP contribution in [-0.2, 0) is 6.42 Å². The van der Waals surface area contributed by atoms with Crippen molar-refractivity contribution in [3.05, 3.63) is 48.0 Å². The molecule has 128 valence electrons. The van der Waals surface area contributed by atoms with Crippen LogP contribution in [0.4, 0.5) is 5.95 Å². The smallest absolute Gasteiger partial charge is 0.256 e. The van der Waals surface area contributed by atoms with Crippen molar-refractivity contribution in [2.45, 2.75) is 26.2 Å². The zero-order chi connectivity index (χ0) is 17.4. The first-order valence-corrected chi connectivity index (χ1v) is 8.29. The summed E-state index contributed by atoms with van der Waals surface area (Å²) in [4.78, 5) is 28.6. The third-order valence-electron chi connectivity index (χ3n) is 3.91. The van der Waals surface area contributed by atoms with Gasteiger partial charge in [0.15, 0.2) is 0 Å². The summed E-state index contributed by atoms with van der Waals surface area (Å²) in [6.07, 6.45) is 9.76. The van der Waals surface area contributed by atoms with E-state index in [1.165, 1.54) is 5.56 Å². The number of amides is 1. The largest absolute Gasteiger partial charge is 0.344 e. The summed E-state index contributed by atoms with van der Waals surface area (Å²) in [6, 6.07) is 4.01. The summed E-state index contributed by atoms with van der Waals surface area (Å²) in [5.41, 5.74) is 1.75. The van der Waals surface area contributed by atoms with Crippen LogP contribution in [-0.4, -0.2) is 52.9 Å². The molecule has 0 N–H and O–H groups in total. The normalized spacial score (nSPS) is 10.5. The number of rotatable bonds is 8. The number of carbonyl (C=O) groups excluding carboxylic acids is 1. The summed E-state index contributed by atoms with van der Waals surface area (Å²) in [5, 5.41) is 0. The molecule has 0 aliphatic carbocycles. The number of carbonyl (C=O) groups is 1. The molecule has 0 spiro atoms. The maximum Gasteiger partial charge on any atom is 0.256 e. The average molecular weight is 327 g/mol. The van der Waals surface area contributed by atoms with Crippen LogP contribution in [0.1, 0.15) is 35.7 Å². The lowest BCUT2D eigenvalue weighted by atomic mass is 10.2. The van der Waals surface area contributed by atoms with Crippen molar-refractivity contribution in [2.24, 2.45) is 0 Å². The molecule has 2 aromatic heterocycles. The summed E-state index contributed by atoms with van der Waals surface area (Å²) in [5.74, 6) is 0.589. The zero-order valence-electron chi connectivity index (χ0n) is 14.6. The molecule has 0 fully saturated rings. The Labute approximate surface area is 143 Å². The fourth-order valence-corrected chi connectivity index (χ4v) is 2.29. The Hall–Kier alpha value is -2.50. The van der Waals surface area contributed by atoms with Gasteiger partial charge in [-0.25, -0.2) is 9.97 Å². The molecule has 0 saturated carbocycles. The van der Waals surface area contributed by atoms with Crippen molar-refractivity contribution < 1.29 is 4.79 Å². The van der Waals surface area contributed by atoms with E-state index in [1.807, 2.05) is 31.1 Å². The van der Waals surface area contributed by atoms with Crippen LogP contribution in [0.15, 0.2) is 36.9 Å². The van der Waals surface area contributed by atoms with Gasteiger partial charge in [-0.2, -0.15) is 0 Å². The van der Waals surface area contributed by atoms with Gasteiger partial charge in [0.05, 0.1) is 5.56 Å². The molecule has 0 aromatic carbocycles. The molecule has 1 amide bonds. The minimum atomic E-state index is -0.0329. The van der Waals surface area contributed by atoms with Gasteiger partial charge in [-0.05, 0) is 30.5 Å². The van der Waals surface area contributed by atoms with E-state index in [9.17, 15) is 4.79 Å². The summed E-state index contributed by atoms with van der Waals surface area (Å²) in [7, 11) is 3.76. The Bertz CT molecular complexity index is 630. The van der Waals surface area contributed by atoms with Gasteiger partial charge < -0.3 is 9.80 Å². The van der Waals surface area contributed by atoms with E-state index < -0.39 is 0 Å². The number of unbranched alkanes of at least 4 members (excludes halogenated alkanes) is 1. The number of anilines is 1. The average Bonchev–Trinajstić information content (AvgIpc) is 2.64. The lowest BCUT2D eigenvalue weighted by molar-refractivity contribution is 0.0792. The number of hydrogen-bond donors (Lipinski definition) is 0. The van der Waals surface area contributed by atoms with Crippen LogP contribution in [0.25, 0.3) is 0 Å². The van der Waals surface area contributed by atoms with Gasteiger partial charge in [-0.15, -0.1) is 0 Å². The van der Waals surface area contributed by atoms with E-state index in [-0.39, 0.29) is 5.91 Å². The maximum absolute atomic E-state index is 12.3. The van der Waals surface area contributed by atoms with E-state index in [0.29, 0.717) is 11.5 Å². The zero-order valence-corrected chi connectivity index (χ0v) is 14.6. The fourth-order valence-electron chi connectivity index (χ4n) is 2.29. The van der Waals surface area contributed by atoms with Crippen molar-refractivity contribution in [1.29, 1.82) is 0 Å². The third kappa shape index (κ3) is 5.01. The number of pyridine rings is 1. The molecule has 0 aliphatic rings. The van der Waals surface area contributed by atoms with Crippen LogP contribution < -0.4 is 4.90 Å². The second-order valence-corrected chi connectivity index (χ2v) is 5.88. The number of hydrogen-bond acceptors (Lipinski definition) is 5. The Morgan fingerprint density at radius 1 is 1.08 bits per heavy atom. The molecule has 0 unspecified atom stereocenters. The first kappa shape index (κ1) is 17.8. The Morgan fingerprint density at radius 2 is 1.75 bits per heavy atom. The molecule has 0 saturated heterocycles. The molecule has 0 atom stereocenters. The maximum atomic E-state index is 12.3. The lowest BCUT2D eigenvalue weighted by Crippen LogP contribution is -2.28. The molecular formula is C18H25N5O. The highest BCUT2D eigenvalue weighted by Crippen LogP contribution is 2.09. The van der Waals surface area contributed by atoms with Crippen LogP contribution in [0.5, 0.6) is 0 Å². The molecule has 0 aliphatic heterocycles. The summed E-state index contributed by atoms with van der Waals surface area (Å²) in [6.45, 7) is 3.66. The van der Waals surface area contributed by atoms with Crippen LogP contribution >= 0.6 is 0 Å². The van der Waals surface area contributed by atoms with Gasteiger partial charge in [0, 0.05) is 52.0 Å². The first-order chi connectivity index (χ1) is 11.6. The molecule has 2 aromatic rings. The fraction of sp³-hybridized carbons (Fsp3) is 0.444. The Kier molecular flexibility index (Phi) is 6.66. The van der Waals surface area contributed by atoms with Crippen LogP contribution in [0, 0.1) is 0 Å². The minimum absolute atomic E-state index is 0.0329. The molecular weight excluding hydrogens is 302 g/mol. The standard InChI is InChI=1S/C18H25N5O/c1-4-5-11-22(2)17(24)16-13-20-18(21-14-16)23(3)12-8-15-6-9-19-10-7-15/h6-7,9-10,13-14H,4-5,8,11-12H2,1-3H3. The van der Waals surface area contributed by atoms with E-state index in [1.54, 1.807) is 29.7 Å². The summed E-state index contributed by atoms with van der Waals surface area (Å²) >= 11 is 0. The van der Waals surface area contributed by atoms with E-state index in [4.69, 9.17) is 0 Å². The molecule has 0 radical (unpaired) electrons. The van der Waals surface area contributed by atoms with E-state index in [2.05, 4.69) is 21.9 Å². The van der Waals surface area contributed by atoms with Gasteiger partial charge in [0.25, 0.3) is 5.91 Å². The van der Waals surface area contributed by atoms with Crippen molar-refractivity contribution in [2.75, 3.05) is 32.1 Å². The Morgan fingerprint density at radius 3 is 2.38 bits per heavy atom. The highest BCUT2D eigenvalue weighted by Gasteiger charge is 2.13. The number of nitrogens with zero attached hydrogens (tertiary/aromatic N) is 5. The topological polar surface area (TPSA) is 62.2 Å². The molecule has 2 rings (SSSR count). The number of aromatic nitrogens is 3. The summed E-state index contributed by atoms with van der Waals surface area (Å²) < 4.78 is 0. The van der Waals surface area contributed by atoms with Crippen LogP contribution in [0.2, 0.25) is 0 Å². The Balaban J connectivity index is 1.92. The molecule has 2 heterocycles. The predicted molar refractivity (Wildman–Crippen MR) is 95.1 cm³/mol. The second-order valence-electron chi connectivity index (χ2n) is 5.88. The molecule has 6 nitrogen and oxygen atoms in total. The lowest BCUT2D eigenvalue weighted by Gasteiger charge is -2.18. The molecule has 6 heteroatoms. The highest BCUT2D eigenvalue weighted by molar-refractivity contribution is 5.93. The second kappa shape index (κ2) is 8.96. The minimum Gasteiger partial charge on any atom is -0.344 e. The van der Waals surface area contributed by atoms with Crippen molar-refractivity contribution >= 4 is 11.9 Å². The van der Waals surface area contributed by atoms with Crippen molar-refractivity contribution in [3.8, 4) is 0 Å². The van der Waals surface area contributed by atoms with Gasteiger partial charge in [-0.3, -0.25) is 9.78 Å². The predicted octanol–water partition coefficient (Wildman–Crippen LogP) is 2.42. The van der Waals surface area contributed by atoms with Gasteiger partial charge in [-0.1, -0.05) is 13.3 Å². The van der Waals surface area contributed by atoms with Crippen LogP contribution in [0.3, 0.4) is 0 Å². The quantitative estimate of drug-likeness (QED) is 0.745. The van der Waals surface area contributed by atoms with Gasteiger partial charge in [0.2, 0.25) is 5.95 Å². The molecule has 0 bridgehead atoms. The highest BCUT2D eigenvalue weighted by atomic mass is 16.2.